The summed E-state index contributed by atoms with van der Waals surface area (Å²) in [5, 5.41) is 10.2. The van der Waals surface area contributed by atoms with Crippen LogP contribution >= 0.6 is 0 Å². The zero-order valence-corrected chi connectivity index (χ0v) is 12.9. The van der Waals surface area contributed by atoms with E-state index in [9.17, 15) is 9.90 Å². The van der Waals surface area contributed by atoms with Crippen LogP contribution in [0.15, 0.2) is 53.1 Å². The molecule has 2 unspecified atom stereocenters. The van der Waals surface area contributed by atoms with Gasteiger partial charge in [0.1, 0.15) is 18.5 Å². The fourth-order valence-electron chi connectivity index (χ4n) is 2.98. The van der Waals surface area contributed by atoms with Gasteiger partial charge in [-0.05, 0) is 30.5 Å². The van der Waals surface area contributed by atoms with Gasteiger partial charge in [-0.25, -0.2) is 4.79 Å². The lowest BCUT2D eigenvalue weighted by atomic mass is 10.1. The van der Waals surface area contributed by atoms with Gasteiger partial charge in [-0.2, -0.15) is 0 Å². The van der Waals surface area contributed by atoms with Crippen molar-refractivity contribution in [3.63, 3.8) is 0 Å². The Balaban J connectivity index is 1.54. The molecule has 0 aliphatic carbocycles. The summed E-state index contributed by atoms with van der Waals surface area (Å²) in [5.74, 6) is 0.537. The molecule has 1 N–H and O–H groups in total. The molecule has 0 spiro atoms. The molecule has 2 aromatic rings. The minimum atomic E-state index is -0.697. The van der Waals surface area contributed by atoms with Gasteiger partial charge < -0.3 is 19.2 Å². The highest BCUT2D eigenvalue weighted by atomic mass is 16.6. The van der Waals surface area contributed by atoms with Gasteiger partial charge in [0.2, 0.25) is 0 Å². The second kappa shape index (κ2) is 7.33. The van der Waals surface area contributed by atoms with Gasteiger partial charge in [0.05, 0.1) is 6.26 Å². The number of furan rings is 1. The van der Waals surface area contributed by atoms with Crippen LogP contribution in [0.1, 0.15) is 36.7 Å². The Labute approximate surface area is 135 Å². The molecule has 1 fully saturated rings. The number of aliphatic hydroxyl groups is 1. The molecule has 122 valence electrons. The van der Waals surface area contributed by atoms with Crippen LogP contribution in [0.25, 0.3) is 0 Å². The zero-order valence-electron chi connectivity index (χ0n) is 12.9. The van der Waals surface area contributed by atoms with E-state index in [-0.39, 0.29) is 18.7 Å². The van der Waals surface area contributed by atoms with Crippen LogP contribution in [0.4, 0.5) is 4.79 Å². The maximum absolute atomic E-state index is 12.3. The largest absolute Gasteiger partial charge is 0.467 e. The van der Waals surface area contributed by atoms with E-state index in [0.29, 0.717) is 18.7 Å². The summed E-state index contributed by atoms with van der Waals surface area (Å²) in [5.41, 5.74) is 0.965. The fourth-order valence-corrected chi connectivity index (χ4v) is 2.98. The molecule has 1 aromatic carbocycles. The second-order valence-electron chi connectivity index (χ2n) is 5.80. The number of hydrogen-bond donors (Lipinski definition) is 1. The van der Waals surface area contributed by atoms with Crippen molar-refractivity contribution in [2.24, 2.45) is 0 Å². The predicted octanol–water partition coefficient (Wildman–Crippen LogP) is 3.50. The fraction of sp³-hybridized carbons (Fsp3) is 0.389. The Morgan fingerprint density at radius 3 is 2.87 bits per heavy atom. The summed E-state index contributed by atoms with van der Waals surface area (Å²) in [6.45, 7) is 0.937. The number of aliphatic hydroxyl groups excluding tert-OH is 1. The van der Waals surface area contributed by atoms with Crippen LogP contribution in [-0.4, -0.2) is 28.7 Å². The molecule has 3 rings (SSSR count). The molecule has 1 aliphatic heterocycles. The number of benzene rings is 1. The van der Waals surface area contributed by atoms with Gasteiger partial charge in [-0.15, -0.1) is 0 Å². The minimum Gasteiger partial charge on any atom is -0.467 e. The molecule has 1 aliphatic rings. The van der Waals surface area contributed by atoms with Gasteiger partial charge in [-0.3, -0.25) is 0 Å². The number of rotatable bonds is 5. The number of likely N-dealkylation sites (tertiary alicyclic amines) is 1. The lowest BCUT2D eigenvalue weighted by molar-refractivity contribution is 0.0710. The van der Waals surface area contributed by atoms with Gasteiger partial charge >= 0.3 is 6.09 Å². The molecule has 0 bridgehead atoms. The first-order valence-corrected chi connectivity index (χ1v) is 7.93. The minimum absolute atomic E-state index is 0.0154. The quantitative estimate of drug-likeness (QED) is 0.917. The second-order valence-corrected chi connectivity index (χ2v) is 5.80. The van der Waals surface area contributed by atoms with Crippen molar-refractivity contribution in [2.75, 3.05) is 6.54 Å². The highest BCUT2D eigenvalue weighted by Crippen LogP contribution is 2.28. The SMILES string of the molecule is O=C(OCc1ccccc1)N1CCCC1CC(O)c1ccco1. The smallest absolute Gasteiger partial charge is 0.410 e. The molecule has 0 saturated carbocycles. The highest BCUT2D eigenvalue weighted by Gasteiger charge is 2.32. The Bertz CT molecular complexity index is 611. The Morgan fingerprint density at radius 2 is 2.13 bits per heavy atom. The third-order valence-corrected chi connectivity index (χ3v) is 4.18. The number of ether oxygens (including phenoxy) is 1. The van der Waals surface area contributed by atoms with E-state index in [1.54, 1.807) is 23.3 Å². The standard InChI is InChI=1S/C18H21NO4/c20-16(17-9-5-11-22-17)12-15-8-4-10-19(15)18(21)23-13-14-6-2-1-3-7-14/h1-3,5-7,9,11,15-16,20H,4,8,10,12-13H2. The van der Waals surface area contributed by atoms with Gasteiger partial charge in [0.15, 0.2) is 0 Å². The van der Waals surface area contributed by atoms with Crippen LogP contribution in [0.2, 0.25) is 0 Å². The average molecular weight is 315 g/mol. The summed E-state index contributed by atoms with van der Waals surface area (Å²) >= 11 is 0. The van der Waals surface area contributed by atoms with Crippen LogP contribution in [0.5, 0.6) is 0 Å². The van der Waals surface area contributed by atoms with E-state index >= 15 is 0 Å². The molecule has 2 atom stereocenters. The third-order valence-electron chi connectivity index (χ3n) is 4.18. The zero-order chi connectivity index (χ0) is 16.1. The van der Waals surface area contributed by atoms with Crippen molar-refractivity contribution in [1.82, 2.24) is 4.90 Å². The first-order valence-electron chi connectivity index (χ1n) is 7.93. The van der Waals surface area contributed by atoms with Crippen molar-refractivity contribution in [2.45, 2.75) is 38.0 Å². The van der Waals surface area contributed by atoms with E-state index < -0.39 is 6.10 Å². The first kappa shape index (κ1) is 15.6. The molecule has 1 saturated heterocycles. The molecule has 0 radical (unpaired) electrons. The van der Waals surface area contributed by atoms with E-state index in [1.165, 1.54) is 0 Å². The summed E-state index contributed by atoms with van der Waals surface area (Å²) in [6.07, 6.45) is 2.79. The Hall–Kier alpha value is -2.27. The first-order chi connectivity index (χ1) is 11.2. The lowest BCUT2D eigenvalue weighted by Gasteiger charge is -2.25. The maximum Gasteiger partial charge on any atom is 0.410 e. The third kappa shape index (κ3) is 3.93. The summed E-state index contributed by atoms with van der Waals surface area (Å²) in [6, 6.07) is 13.1. The Kier molecular flexibility index (Phi) is 4.98. The number of carbonyl (C=O) groups is 1. The highest BCUT2D eigenvalue weighted by molar-refractivity contribution is 5.68. The molecular formula is C18H21NO4. The lowest BCUT2D eigenvalue weighted by Crippen LogP contribution is -2.36. The van der Waals surface area contributed by atoms with Crippen molar-refractivity contribution in [1.29, 1.82) is 0 Å². The monoisotopic (exact) mass is 315 g/mol. The molecule has 5 heteroatoms. The van der Waals surface area contributed by atoms with Crippen LogP contribution in [0, 0.1) is 0 Å². The number of nitrogens with zero attached hydrogens (tertiary/aromatic N) is 1. The average Bonchev–Trinajstić information content (AvgIpc) is 3.25. The van der Waals surface area contributed by atoms with Crippen LogP contribution in [-0.2, 0) is 11.3 Å². The summed E-state index contributed by atoms with van der Waals surface area (Å²) < 4.78 is 10.6. The molecular weight excluding hydrogens is 294 g/mol. The summed E-state index contributed by atoms with van der Waals surface area (Å²) in [4.78, 5) is 14.0. The molecule has 5 nitrogen and oxygen atoms in total. The molecule has 2 heterocycles. The molecule has 1 amide bonds. The summed E-state index contributed by atoms with van der Waals surface area (Å²) in [7, 11) is 0. The van der Waals surface area contributed by atoms with Crippen molar-refractivity contribution in [3.05, 3.63) is 60.1 Å². The van der Waals surface area contributed by atoms with Gasteiger partial charge in [0.25, 0.3) is 0 Å². The molecule has 1 aromatic heterocycles. The normalized spacial score (nSPS) is 18.8. The van der Waals surface area contributed by atoms with E-state index in [1.807, 2.05) is 30.3 Å². The van der Waals surface area contributed by atoms with Crippen molar-refractivity contribution >= 4 is 6.09 Å². The number of carbonyl (C=O) groups excluding carboxylic acids is 1. The maximum atomic E-state index is 12.3. The van der Waals surface area contributed by atoms with Gasteiger partial charge in [0, 0.05) is 19.0 Å². The van der Waals surface area contributed by atoms with Gasteiger partial charge in [-0.1, -0.05) is 30.3 Å². The predicted molar refractivity (Wildman–Crippen MR) is 84.6 cm³/mol. The number of hydrogen-bond acceptors (Lipinski definition) is 4. The van der Waals surface area contributed by atoms with Crippen LogP contribution in [0.3, 0.4) is 0 Å². The van der Waals surface area contributed by atoms with Crippen molar-refractivity contribution < 1.29 is 19.1 Å². The number of amides is 1. The van der Waals surface area contributed by atoms with Crippen molar-refractivity contribution in [3.8, 4) is 0 Å². The Morgan fingerprint density at radius 1 is 1.30 bits per heavy atom. The van der Waals surface area contributed by atoms with E-state index in [4.69, 9.17) is 9.15 Å². The van der Waals surface area contributed by atoms with E-state index in [0.717, 1.165) is 18.4 Å². The topological polar surface area (TPSA) is 62.9 Å². The van der Waals surface area contributed by atoms with E-state index in [2.05, 4.69) is 0 Å². The van der Waals surface area contributed by atoms with Crippen LogP contribution < -0.4 is 0 Å². The molecule has 23 heavy (non-hydrogen) atoms.